The van der Waals surface area contributed by atoms with Crippen molar-refractivity contribution in [3.05, 3.63) is 34.3 Å². The number of ether oxygens (including phenoxy) is 1. The second kappa shape index (κ2) is 5.62. The van der Waals surface area contributed by atoms with Crippen LogP contribution in [0.1, 0.15) is 12.0 Å². The van der Waals surface area contributed by atoms with Gasteiger partial charge in [0.15, 0.2) is 0 Å². The Morgan fingerprint density at radius 3 is 2.76 bits per heavy atom. The van der Waals surface area contributed by atoms with Gasteiger partial charge in [0, 0.05) is 17.4 Å². The Morgan fingerprint density at radius 1 is 1.47 bits per heavy atom. The van der Waals surface area contributed by atoms with Crippen molar-refractivity contribution in [1.29, 1.82) is 0 Å². The molecule has 4 nitrogen and oxygen atoms in total. The lowest BCUT2D eigenvalue weighted by atomic mass is 10.2. The summed E-state index contributed by atoms with van der Waals surface area (Å²) in [5.41, 5.74) is 0.945. The second-order valence-electron chi connectivity index (χ2n) is 4.08. The Hall–Kier alpha value is -0.910. The molecule has 2 unspecified atom stereocenters. The summed E-state index contributed by atoms with van der Waals surface area (Å²) < 4.78 is 6.17. The molecule has 1 heterocycles. The molecule has 1 saturated heterocycles. The van der Waals surface area contributed by atoms with Gasteiger partial charge in [0.2, 0.25) is 0 Å². The minimum atomic E-state index is -0.444. The highest BCUT2D eigenvalue weighted by Gasteiger charge is 2.29. The first-order chi connectivity index (χ1) is 8.15. The first-order valence-electron chi connectivity index (χ1n) is 5.47. The number of hydrogen-bond donors (Lipinski definition) is 2. The number of aliphatic hydroxyl groups excluding tert-OH is 1. The van der Waals surface area contributed by atoms with E-state index < -0.39 is 6.10 Å². The Balaban J connectivity index is 1.82. The fourth-order valence-electron chi connectivity index (χ4n) is 1.73. The van der Waals surface area contributed by atoms with E-state index in [9.17, 15) is 9.90 Å². The number of halogens is 1. The summed E-state index contributed by atoms with van der Waals surface area (Å²) in [7, 11) is 0. The summed E-state index contributed by atoms with van der Waals surface area (Å²) in [6.07, 6.45) is -0.0145. The van der Waals surface area contributed by atoms with Crippen LogP contribution in [-0.4, -0.2) is 29.8 Å². The molecule has 1 aromatic carbocycles. The van der Waals surface area contributed by atoms with Crippen LogP contribution < -0.4 is 5.32 Å². The molecule has 0 bridgehead atoms. The minimum Gasteiger partial charge on any atom is -0.460 e. The number of β-amino-alcohol motifs (C(OH)–C–C–N with tert-alkyl or cyclic N) is 1. The van der Waals surface area contributed by atoms with Crippen molar-refractivity contribution >= 4 is 21.9 Å². The lowest BCUT2D eigenvalue weighted by Gasteiger charge is -2.10. The molecule has 0 radical (unpaired) electrons. The molecule has 0 aromatic heterocycles. The Labute approximate surface area is 108 Å². The fraction of sp³-hybridized carbons (Fsp3) is 0.417. The van der Waals surface area contributed by atoms with Crippen LogP contribution in [0.4, 0.5) is 0 Å². The second-order valence-corrected chi connectivity index (χ2v) is 5.00. The summed E-state index contributed by atoms with van der Waals surface area (Å²) in [6, 6.07) is 7.23. The SMILES string of the molecule is O=C(OCc1ccc(Br)cc1)C1CC(O)CN1. The monoisotopic (exact) mass is 299 g/mol. The van der Waals surface area contributed by atoms with Gasteiger partial charge >= 0.3 is 5.97 Å². The molecule has 1 aliphatic rings. The molecule has 5 heteroatoms. The number of aliphatic hydroxyl groups is 1. The molecule has 1 aliphatic heterocycles. The van der Waals surface area contributed by atoms with E-state index in [1.54, 1.807) is 0 Å². The zero-order valence-corrected chi connectivity index (χ0v) is 10.8. The maximum absolute atomic E-state index is 11.6. The average Bonchev–Trinajstić information content (AvgIpc) is 2.75. The zero-order chi connectivity index (χ0) is 12.3. The first kappa shape index (κ1) is 12.5. The summed E-state index contributed by atoms with van der Waals surface area (Å²) in [5.74, 6) is -0.301. The van der Waals surface area contributed by atoms with Crippen molar-refractivity contribution < 1.29 is 14.6 Å². The highest BCUT2D eigenvalue weighted by Crippen LogP contribution is 2.13. The quantitative estimate of drug-likeness (QED) is 0.824. The molecule has 1 aromatic rings. The molecule has 2 atom stereocenters. The van der Waals surface area contributed by atoms with E-state index in [1.165, 1.54) is 0 Å². The predicted molar refractivity (Wildman–Crippen MR) is 66.4 cm³/mol. The Morgan fingerprint density at radius 2 is 2.18 bits per heavy atom. The van der Waals surface area contributed by atoms with Gasteiger partial charge in [0.25, 0.3) is 0 Å². The van der Waals surface area contributed by atoms with Crippen LogP contribution in [0, 0.1) is 0 Å². The molecule has 92 valence electrons. The topological polar surface area (TPSA) is 58.6 Å². The van der Waals surface area contributed by atoms with Crippen molar-refractivity contribution in [3.8, 4) is 0 Å². The molecule has 0 amide bonds. The van der Waals surface area contributed by atoms with E-state index in [2.05, 4.69) is 21.2 Å². The lowest BCUT2D eigenvalue weighted by molar-refractivity contribution is -0.147. The summed E-state index contributed by atoms with van der Waals surface area (Å²) in [5, 5.41) is 12.2. The van der Waals surface area contributed by atoms with Crippen LogP contribution in [-0.2, 0) is 16.1 Å². The lowest BCUT2D eigenvalue weighted by Crippen LogP contribution is -2.32. The van der Waals surface area contributed by atoms with E-state index in [-0.39, 0.29) is 18.6 Å². The summed E-state index contributed by atoms with van der Waals surface area (Å²) in [4.78, 5) is 11.6. The van der Waals surface area contributed by atoms with Crippen molar-refractivity contribution in [3.63, 3.8) is 0 Å². The van der Waals surface area contributed by atoms with Crippen LogP contribution in [0.5, 0.6) is 0 Å². The highest BCUT2D eigenvalue weighted by atomic mass is 79.9. The molecular weight excluding hydrogens is 286 g/mol. The van der Waals surface area contributed by atoms with Crippen molar-refractivity contribution in [2.45, 2.75) is 25.2 Å². The fourth-order valence-corrected chi connectivity index (χ4v) is 2.00. The standard InChI is InChI=1S/C12H14BrNO3/c13-9-3-1-8(2-4-9)7-17-12(16)11-5-10(15)6-14-11/h1-4,10-11,14-15H,5-7H2. The minimum absolute atomic E-state index is 0.264. The first-order valence-corrected chi connectivity index (χ1v) is 6.27. The van der Waals surface area contributed by atoms with Gasteiger partial charge in [-0.15, -0.1) is 0 Å². The van der Waals surface area contributed by atoms with Crippen LogP contribution in [0.25, 0.3) is 0 Å². The molecule has 0 spiro atoms. The normalized spacial score (nSPS) is 23.6. The van der Waals surface area contributed by atoms with Gasteiger partial charge in [-0.2, -0.15) is 0 Å². The highest BCUT2D eigenvalue weighted by molar-refractivity contribution is 9.10. The van der Waals surface area contributed by atoms with Gasteiger partial charge in [0.05, 0.1) is 6.10 Å². The number of hydrogen-bond acceptors (Lipinski definition) is 4. The predicted octanol–water partition coefficient (Wildman–Crippen LogP) is 1.22. The molecule has 0 aliphatic carbocycles. The van der Waals surface area contributed by atoms with Gasteiger partial charge in [-0.1, -0.05) is 28.1 Å². The van der Waals surface area contributed by atoms with Gasteiger partial charge in [-0.25, -0.2) is 0 Å². The van der Waals surface area contributed by atoms with Crippen LogP contribution in [0.3, 0.4) is 0 Å². The third-order valence-corrected chi connectivity index (χ3v) is 3.22. The van der Waals surface area contributed by atoms with Crippen molar-refractivity contribution in [2.24, 2.45) is 0 Å². The Bertz CT molecular complexity index is 393. The third kappa shape index (κ3) is 3.52. The van der Waals surface area contributed by atoms with E-state index in [4.69, 9.17) is 4.74 Å². The molecule has 1 fully saturated rings. The smallest absolute Gasteiger partial charge is 0.323 e. The van der Waals surface area contributed by atoms with Crippen LogP contribution in [0.2, 0.25) is 0 Å². The maximum Gasteiger partial charge on any atom is 0.323 e. The number of nitrogens with one attached hydrogen (secondary N) is 1. The van der Waals surface area contributed by atoms with Gasteiger partial charge in [0.1, 0.15) is 12.6 Å². The number of benzene rings is 1. The van der Waals surface area contributed by atoms with Crippen molar-refractivity contribution in [2.75, 3.05) is 6.54 Å². The third-order valence-electron chi connectivity index (χ3n) is 2.69. The maximum atomic E-state index is 11.6. The molecular formula is C12H14BrNO3. The molecule has 0 saturated carbocycles. The van der Waals surface area contributed by atoms with Gasteiger partial charge in [-0.05, 0) is 17.7 Å². The van der Waals surface area contributed by atoms with Crippen LogP contribution in [0.15, 0.2) is 28.7 Å². The summed E-state index contributed by atoms with van der Waals surface area (Å²) in [6.45, 7) is 0.721. The number of rotatable bonds is 3. The van der Waals surface area contributed by atoms with Crippen molar-refractivity contribution in [1.82, 2.24) is 5.32 Å². The van der Waals surface area contributed by atoms with E-state index in [0.717, 1.165) is 10.0 Å². The Kier molecular flexibility index (Phi) is 4.15. The largest absolute Gasteiger partial charge is 0.460 e. The van der Waals surface area contributed by atoms with E-state index in [1.807, 2.05) is 24.3 Å². The van der Waals surface area contributed by atoms with E-state index >= 15 is 0 Å². The van der Waals surface area contributed by atoms with Gasteiger partial charge in [-0.3, -0.25) is 4.79 Å². The number of esters is 1. The van der Waals surface area contributed by atoms with Crippen LogP contribution >= 0.6 is 15.9 Å². The number of carbonyl (C=O) groups is 1. The average molecular weight is 300 g/mol. The molecule has 2 rings (SSSR count). The van der Waals surface area contributed by atoms with Gasteiger partial charge < -0.3 is 15.2 Å². The zero-order valence-electron chi connectivity index (χ0n) is 9.23. The van der Waals surface area contributed by atoms with E-state index in [0.29, 0.717) is 13.0 Å². The number of carbonyl (C=O) groups excluding carboxylic acids is 1. The summed E-state index contributed by atoms with van der Waals surface area (Å²) >= 11 is 3.34. The molecule has 2 N–H and O–H groups in total. The molecule has 17 heavy (non-hydrogen) atoms.